The molecule has 1 aromatic rings. The molecule has 0 radical (unpaired) electrons. The van der Waals surface area contributed by atoms with E-state index in [1.165, 1.54) is 42.6 Å². The van der Waals surface area contributed by atoms with Gasteiger partial charge in [-0.25, -0.2) is 13.2 Å². The number of nitrogens with zero attached hydrogens (tertiary/aromatic N) is 1. The number of carbonyl (C=O) groups excluding carboxylic acids is 3. The lowest BCUT2D eigenvalue weighted by Gasteiger charge is -2.31. The molecule has 10 heteroatoms. The van der Waals surface area contributed by atoms with Gasteiger partial charge in [-0.05, 0) is 31.9 Å². The molecule has 1 saturated heterocycles. The Balaban J connectivity index is 2.02. The summed E-state index contributed by atoms with van der Waals surface area (Å²) >= 11 is 0. The van der Waals surface area contributed by atoms with Crippen molar-refractivity contribution in [3.63, 3.8) is 0 Å². The van der Waals surface area contributed by atoms with E-state index in [0.717, 1.165) is 0 Å². The van der Waals surface area contributed by atoms with Gasteiger partial charge in [0.15, 0.2) is 6.10 Å². The Hall–Kier alpha value is -2.72. The van der Waals surface area contributed by atoms with Crippen molar-refractivity contribution in [3.05, 3.63) is 42.5 Å². The van der Waals surface area contributed by atoms with Crippen LogP contribution in [-0.4, -0.2) is 63.4 Å². The van der Waals surface area contributed by atoms with Gasteiger partial charge in [0.1, 0.15) is 0 Å². The van der Waals surface area contributed by atoms with Crippen LogP contribution in [0.1, 0.15) is 30.1 Å². The quantitative estimate of drug-likeness (QED) is 0.477. The van der Waals surface area contributed by atoms with E-state index in [4.69, 9.17) is 4.74 Å². The lowest BCUT2D eigenvalue weighted by Crippen LogP contribution is -2.42. The van der Waals surface area contributed by atoms with Gasteiger partial charge in [0, 0.05) is 19.6 Å². The first-order valence-corrected chi connectivity index (χ1v) is 10.9. The molecule has 1 N–H and O–H groups in total. The summed E-state index contributed by atoms with van der Waals surface area (Å²) in [5.74, 6) is -2.22. The lowest BCUT2D eigenvalue weighted by atomic mass is 9.98. The third-order valence-electron chi connectivity index (χ3n) is 4.78. The molecule has 1 aliphatic heterocycles. The highest BCUT2D eigenvalue weighted by atomic mass is 32.2. The van der Waals surface area contributed by atoms with Crippen LogP contribution in [0.25, 0.3) is 0 Å². The highest BCUT2D eigenvalue weighted by Gasteiger charge is 2.35. The molecule has 9 nitrogen and oxygen atoms in total. The molecule has 2 rings (SSSR count). The van der Waals surface area contributed by atoms with Crippen molar-refractivity contribution in [2.75, 3.05) is 26.7 Å². The maximum atomic E-state index is 13.0. The van der Waals surface area contributed by atoms with Crippen molar-refractivity contribution in [2.24, 2.45) is 5.92 Å². The fourth-order valence-corrected chi connectivity index (χ4v) is 4.73. The van der Waals surface area contributed by atoms with Crippen LogP contribution in [0.3, 0.4) is 0 Å². The van der Waals surface area contributed by atoms with Crippen LogP contribution in [0.15, 0.2) is 41.8 Å². The first kappa shape index (κ1) is 23.6. The van der Waals surface area contributed by atoms with Crippen molar-refractivity contribution < 1.29 is 32.3 Å². The Morgan fingerprint density at radius 3 is 2.50 bits per heavy atom. The van der Waals surface area contributed by atoms with Gasteiger partial charge >= 0.3 is 11.9 Å². The van der Waals surface area contributed by atoms with Crippen molar-refractivity contribution in [2.45, 2.75) is 30.8 Å². The molecule has 0 spiro atoms. The highest BCUT2D eigenvalue weighted by molar-refractivity contribution is 7.89. The lowest BCUT2D eigenvalue weighted by molar-refractivity contribution is -0.159. The number of nitrogens with one attached hydrogen (secondary N) is 1. The predicted octanol–water partition coefficient (Wildman–Crippen LogP) is 1.11. The number of rotatable bonds is 8. The number of ether oxygens (including phenoxy) is 2. The molecule has 1 fully saturated rings. The van der Waals surface area contributed by atoms with E-state index in [-0.39, 0.29) is 42.9 Å². The summed E-state index contributed by atoms with van der Waals surface area (Å²) in [4.78, 5) is 35.9. The molecule has 0 aliphatic carbocycles. The van der Waals surface area contributed by atoms with Gasteiger partial charge in [0.05, 0.1) is 23.5 Å². The molecular formula is C20H26N2O7S. The van der Waals surface area contributed by atoms with Crippen LogP contribution < -0.4 is 5.32 Å². The molecule has 0 bridgehead atoms. The van der Waals surface area contributed by atoms with Gasteiger partial charge in [-0.3, -0.25) is 9.59 Å². The zero-order valence-electron chi connectivity index (χ0n) is 17.0. The van der Waals surface area contributed by atoms with Crippen molar-refractivity contribution in [1.29, 1.82) is 0 Å². The average molecular weight is 439 g/mol. The number of hydrogen-bond acceptors (Lipinski definition) is 7. The van der Waals surface area contributed by atoms with Gasteiger partial charge in [-0.15, -0.1) is 6.58 Å². The van der Waals surface area contributed by atoms with Crippen LogP contribution in [-0.2, 0) is 29.1 Å². The molecule has 1 aromatic carbocycles. The first-order chi connectivity index (χ1) is 14.2. The number of sulfonamides is 1. The number of piperidine rings is 1. The fourth-order valence-electron chi connectivity index (χ4n) is 3.08. The van der Waals surface area contributed by atoms with Crippen LogP contribution >= 0.6 is 0 Å². The molecular weight excluding hydrogens is 412 g/mol. The Bertz CT molecular complexity index is 905. The zero-order chi connectivity index (χ0) is 22.3. The normalized spacial score (nSPS) is 16.3. The maximum absolute atomic E-state index is 13.0. The first-order valence-electron chi connectivity index (χ1n) is 9.49. The summed E-state index contributed by atoms with van der Waals surface area (Å²) in [5, 5.41) is 2.55. The SMILES string of the molecule is C=CCNC(=O)C(C)OC(=O)C1CCN(S(=O)(=O)c2ccccc2C(=O)OC)CC1. The Morgan fingerprint density at radius 1 is 1.27 bits per heavy atom. The summed E-state index contributed by atoms with van der Waals surface area (Å²) in [6.45, 7) is 5.42. The van der Waals surface area contributed by atoms with Crippen LogP contribution in [0.5, 0.6) is 0 Å². The smallest absolute Gasteiger partial charge is 0.339 e. The second-order valence-electron chi connectivity index (χ2n) is 6.78. The number of amides is 1. The third-order valence-corrected chi connectivity index (χ3v) is 6.74. The highest BCUT2D eigenvalue weighted by Crippen LogP contribution is 2.27. The van der Waals surface area contributed by atoms with E-state index in [1.54, 1.807) is 6.07 Å². The second-order valence-corrected chi connectivity index (χ2v) is 8.69. The molecule has 0 saturated carbocycles. The minimum Gasteiger partial charge on any atom is -0.465 e. The van der Waals surface area contributed by atoms with Gasteiger partial charge in [0.2, 0.25) is 10.0 Å². The number of carbonyl (C=O) groups is 3. The largest absolute Gasteiger partial charge is 0.465 e. The Labute approximate surface area is 176 Å². The van der Waals surface area contributed by atoms with Crippen LogP contribution in [0, 0.1) is 5.92 Å². The molecule has 1 amide bonds. The average Bonchev–Trinajstić information content (AvgIpc) is 2.76. The van der Waals surface area contributed by atoms with Crippen LogP contribution in [0.2, 0.25) is 0 Å². The molecule has 164 valence electrons. The molecule has 1 unspecified atom stereocenters. The standard InChI is InChI=1S/C20H26N2O7S/c1-4-11-21-18(23)14(2)29-19(24)15-9-12-22(13-10-15)30(26,27)17-8-6-5-7-16(17)20(25)28-3/h4-8,14-15H,1,9-13H2,2-3H3,(H,21,23). The summed E-state index contributed by atoms with van der Waals surface area (Å²) < 4.78 is 37.1. The van der Waals surface area contributed by atoms with E-state index >= 15 is 0 Å². The summed E-state index contributed by atoms with van der Waals surface area (Å²) in [5.41, 5.74) is -0.0408. The predicted molar refractivity (Wildman–Crippen MR) is 108 cm³/mol. The number of esters is 2. The zero-order valence-corrected chi connectivity index (χ0v) is 17.8. The maximum Gasteiger partial charge on any atom is 0.339 e. The number of methoxy groups -OCH3 is 1. The molecule has 30 heavy (non-hydrogen) atoms. The summed E-state index contributed by atoms with van der Waals surface area (Å²) in [7, 11) is -2.75. The van der Waals surface area contributed by atoms with Gasteiger partial charge in [0.25, 0.3) is 5.91 Å². The Morgan fingerprint density at radius 2 is 1.90 bits per heavy atom. The number of hydrogen-bond donors (Lipinski definition) is 1. The van der Waals surface area contributed by atoms with Crippen LogP contribution in [0.4, 0.5) is 0 Å². The van der Waals surface area contributed by atoms with Gasteiger partial charge < -0.3 is 14.8 Å². The summed E-state index contributed by atoms with van der Waals surface area (Å²) in [6.07, 6.45) is 1.06. The molecule has 1 aliphatic rings. The monoisotopic (exact) mass is 438 g/mol. The van der Waals surface area contributed by atoms with Gasteiger partial charge in [-0.1, -0.05) is 18.2 Å². The third kappa shape index (κ3) is 5.45. The molecule has 1 heterocycles. The molecule has 1 atom stereocenters. The van der Waals surface area contributed by atoms with E-state index in [2.05, 4.69) is 16.6 Å². The Kier molecular flexibility index (Phi) is 8.13. The summed E-state index contributed by atoms with van der Waals surface area (Å²) in [6, 6.07) is 5.83. The van der Waals surface area contributed by atoms with E-state index in [0.29, 0.717) is 0 Å². The van der Waals surface area contributed by atoms with Crippen molar-refractivity contribution in [3.8, 4) is 0 Å². The molecule has 0 aromatic heterocycles. The topological polar surface area (TPSA) is 119 Å². The van der Waals surface area contributed by atoms with E-state index in [1.807, 2.05) is 0 Å². The van der Waals surface area contributed by atoms with E-state index < -0.39 is 39.9 Å². The van der Waals surface area contributed by atoms with Crippen molar-refractivity contribution in [1.82, 2.24) is 9.62 Å². The van der Waals surface area contributed by atoms with Gasteiger partial charge in [-0.2, -0.15) is 4.31 Å². The van der Waals surface area contributed by atoms with Crippen molar-refractivity contribution >= 4 is 27.9 Å². The minimum absolute atomic E-state index is 0.0408. The second kappa shape index (κ2) is 10.4. The number of benzene rings is 1. The minimum atomic E-state index is -3.94. The van der Waals surface area contributed by atoms with E-state index in [9.17, 15) is 22.8 Å². The fraction of sp³-hybridized carbons (Fsp3) is 0.450.